The van der Waals surface area contributed by atoms with Crippen LogP contribution < -0.4 is 10.6 Å². The molecule has 0 spiro atoms. The molecule has 2 amide bonds. The molecule has 1 aliphatic heterocycles. The SMILES string of the molecule is CCN(CCNC(=O)N[C@@H]1[C@@H]2CCCO[C@H]2C1(C)C)C1CC1. The van der Waals surface area contributed by atoms with Crippen molar-refractivity contribution >= 4 is 6.03 Å². The van der Waals surface area contributed by atoms with E-state index in [1.165, 1.54) is 19.3 Å². The first-order chi connectivity index (χ1) is 10.5. The van der Waals surface area contributed by atoms with E-state index in [-0.39, 0.29) is 17.5 Å². The van der Waals surface area contributed by atoms with Gasteiger partial charge in [-0.05, 0) is 32.2 Å². The van der Waals surface area contributed by atoms with E-state index in [0.29, 0.717) is 12.0 Å². The van der Waals surface area contributed by atoms with Crippen molar-refractivity contribution in [3.8, 4) is 0 Å². The normalized spacial score (nSPS) is 33.0. The molecule has 2 N–H and O–H groups in total. The average molecular weight is 309 g/mol. The minimum Gasteiger partial charge on any atom is -0.377 e. The van der Waals surface area contributed by atoms with Crippen LogP contribution in [0, 0.1) is 11.3 Å². The molecule has 3 atom stereocenters. The summed E-state index contributed by atoms with van der Waals surface area (Å²) in [6.45, 7) is 10.2. The van der Waals surface area contributed by atoms with Crippen LogP contribution >= 0.6 is 0 Å². The van der Waals surface area contributed by atoms with E-state index >= 15 is 0 Å². The Morgan fingerprint density at radius 2 is 2.09 bits per heavy atom. The number of rotatable bonds is 6. The number of ether oxygens (including phenoxy) is 1. The van der Waals surface area contributed by atoms with Crippen molar-refractivity contribution in [2.24, 2.45) is 11.3 Å². The van der Waals surface area contributed by atoms with Crippen LogP contribution in [0.3, 0.4) is 0 Å². The highest BCUT2D eigenvalue weighted by molar-refractivity contribution is 5.74. The third-order valence-corrected chi connectivity index (χ3v) is 5.77. The van der Waals surface area contributed by atoms with Gasteiger partial charge in [0.25, 0.3) is 0 Å². The Hall–Kier alpha value is -0.810. The highest BCUT2D eigenvalue weighted by atomic mass is 16.5. The van der Waals surface area contributed by atoms with Gasteiger partial charge in [0, 0.05) is 43.1 Å². The van der Waals surface area contributed by atoms with E-state index in [1.807, 2.05) is 0 Å². The van der Waals surface area contributed by atoms with Crippen LogP contribution in [-0.4, -0.2) is 55.4 Å². The zero-order valence-corrected chi connectivity index (χ0v) is 14.2. The number of nitrogens with zero attached hydrogens (tertiary/aromatic N) is 1. The molecule has 126 valence electrons. The Morgan fingerprint density at radius 3 is 2.77 bits per heavy atom. The summed E-state index contributed by atoms with van der Waals surface area (Å²) in [5.41, 5.74) is 0.0475. The summed E-state index contributed by atoms with van der Waals surface area (Å²) >= 11 is 0. The molecule has 0 radical (unpaired) electrons. The van der Waals surface area contributed by atoms with Gasteiger partial charge in [0.1, 0.15) is 0 Å². The zero-order chi connectivity index (χ0) is 15.7. The number of amides is 2. The first-order valence-corrected chi connectivity index (χ1v) is 8.94. The molecular formula is C17H31N3O2. The summed E-state index contributed by atoms with van der Waals surface area (Å²) in [7, 11) is 0. The van der Waals surface area contributed by atoms with Gasteiger partial charge in [-0.1, -0.05) is 20.8 Å². The molecule has 3 aliphatic rings. The van der Waals surface area contributed by atoms with E-state index in [9.17, 15) is 4.79 Å². The highest BCUT2D eigenvalue weighted by Gasteiger charge is 2.58. The van der Waals surface area contributed by atoms with Crippen LogP contribution in [0.2, 0.25) is 0 Å². The maximum atomic E-state index is 12.2. The van der Waals surface area contributed by atoms with E-state index in [1.54, 1.807) is 0 Å². The summed E-state index contributed by atoms with van der Waals surface area (Å²) < 4.78 is 5.89. The van der Waals surface area contributed by atoms with Crippen molar-refractivity contribution in [2.45, 2.75) is 64.6 Å². The maximum Gasteiger partial charge on any atom is 0.315 e. The molecule has 3 fully saturated rings. The second-order valence-corrected chi connectivity index (χ2v) is 7.66. The number of hydrogen-bond acceptors (Lipinski definition) is 3. The Balaban J connectivity index is 1.41. The number of fused-ring (bicyclic) bond motifs is 1. The Bertz CT molecular complexity index is 409. The second kappa shape index (κ2) is 6.36. The molecule has 2 saturated carbocycles. The van der Waals surface area contributed by atoms with Gasteiger partial charge in [0.15, 0.2) is 0 Å². The van der Waals surface area contributed by atoms with Gasteiger partial charge in [0.2, 0.25) is 0 Å². The van der Waals surface area contributed by atoms with Crippen LogP contribution in [0.5, 0.6) is 0 Å². The lowest BCUT2D eigenvalue weighted by Crippen LogP contribution is -2.70. The predicted molar refractivity (Wildman–Crippen MR) is 86.8 cm³/mol. The van der Waals surface area contributed by atoms with Crippen molar-refractivity contribution in [1.82, 2.24) is 15.5 Å². The quantitative estimate of drug-likeness (QED) is 0.789. The van der Waals surface area contributed by atoms with Crippen LogP contribution in [0.25, 0.3) is 0 Å². The molecule has 22 heavy (non-hydrogen) atoms. The summed E-state index contributed by atoms with van der Waals surface area (Å²) in [6, 6.07) is 0.984. The molecular weight excluding hydrogens is 278 g/mol. The topological polar surface area (TPSA) is 53.6 Å². The number of hydrogen-bond donors (Lipinski definition) is 2. The first-order valence-electron chi connectivity index (χ1n) is 8.94. The standard InChI is InChI=1S/C17H31N3O2/c1-4-20(12-7-8-12)10-9-18-16(21)19-14-13-6-5-11-22-15(13)17(14,2)3/h12-15H,4-11H2,1-3H3,(H2,18,19,21)/t13-,14+,15+/m0/s1. The number of likely N-dealkylation sites (N-methyl/N-ethyl adjacent to an activating group) is 1. The zero-order valence-electron chi connectivity index (χ0n) is 14.2. The highest BCUT2D eigenvalue weighted by Crippen LogP contribution is 2.51. The smallest absolute Gasteiger partial charge is 0.315 e. The third-order valence-electron chi connectivity index (χ3n) is 5.77. The molecule has 0 unspecified atom stereocenters. The number of urea groups is 1. The largest absolute Gasteiger partial charge is 0.377 e. The van der Waals surface area contributed by atoms with Crippen molar-refractivity contribution in [1.29, 1.82) is 0 Å². The molecule has 1 heterocycles. The van der Waals surface area contributed by atoms with Gasteiger partial charge in [0.05, 0.1) is 6.10 Å². The number of nitrogens with one attached hydrogen (secondary N) is 2. The first kappa shape index (κ1) is 16.1. The van der Waals surface area contributed by atoms with Crippen LogP contribution in [0.4, 0.5) is 4.79 Å². The molecule has 0 aromatic carbocycles. The lowest BCUT2D eigenvalue weighted by Gasteiger charge is -2.59. The fraction of sp³-hybridized carbons (Fsp3) is 0.941. The van der Waals surface area contributed by atoms with Gasteiger partial charge in [-0.15, -0.1) is 0 Å². The fourth-order valence-electron chi connectivity index (χ4n) is 4.36. The lowest BCUT2D eigenvalue weighted by atomic mass is 9.55. The van der Waals surface area contributed by atoms with E-state index in [4.69, 9.17) is 4.74 Å². The number of carbonyl (C=O) groups is 1. The molecule has 2 aliphatic carbocycles. The van der Waals surface area contributed by atoms with E-state index in [0.717, 1.165) is 38.7 Å². The van der Waals surface area contributed by atoms with E-state index in [2.05, 4.69) is 36.3 Å². The van der Waals surface area contributed by atoms with Crippen molar-refractivity contribution in [2.75, 3.05) is 26.2 Å². The molecule has 0 aromatic heterocycles. The maximum absolute atomic E-state index is 12.2. The van der Waals surface area contributed by atoms with Gasteiger partial charge in [-0.2, -0.15) is 0 Å². The van der Waals surface area contributed by atoms with Crippen molar-refractivity contribution in [3.63, 3.8) is 0 Å². The van der Waals surface area contributed by atoms with Crippen molar-refractivity contribution < 1.29 is 9.53 Å². The molecule has 5 nitrogen and oxygen atoms in total. The molecule has 1 saturated heterocycles. The van der Waals surface area contributed by atoms with Crippen molar-refractivity contribution in [3.05, 3.63) is 0 Å². The number of carbonyl (C=O) groups excluding carboxylic acids is 1. The Labute approximate surface area is 134 Å². The second-order valence-electron chi connectivity index (χ2n) is 7.66. The Morgan fingerprint density at radius 1 is 1.32 bits per heavy atom. The van der Waals surface area contributed by atoms with Gasteiger partial charge in [-0.3, -0.25) is 4.90 Å². The van der Waals surface area contributed by atoms with Crippen LogP contribution in [0.1, 0.15) is 46.5 Å². The lowest BCUT2D eigenvalue weighted by molar-refractivity contribution is -0.189. The summed E-state index contributed by atoms with van der Waals surface area (Å²) in [5.74, 6) is 0.494. The van der Waals surface area contributed by atoms with E-state index < -0.39 is 0 Å². The van der Waals surface area contributed by atoms with Gasteiger partial charge in [-0.25, -0.2) is 4.79 Å². The average Bonchev–Trinajstić information content (AvgIpc) is 3.34. The summed E-state index contributed by atoms with van der Waals surface area (Å²) in [5, 5.41) is 6.22. The van der Waals surface area contributed by atoms with Crippen LogP contribution in [0.15, 0.2) is 0 Å². The van der Waals surface area contributed by atoms with Gasteiger partial charge < -0.3 is 15.4 Å². The molecule has 0 aromatic rings. The third kappa shape index (κ3) is 3.11. The molecule has 3 rings (SSSR count). The van der Waals surface area contributed by atoms with Gasteiger partial charge >= 0.3 is 6.03 Å². The molecule has 0 bridgehead atoms. The summed E-state index contributed by atoms with van der Waals surface area (Å²) in [6.07, 6.45) is 5.24. The minimum absolute atomic E-state index is 0.0195. The fourth-order valence-corrected chi connectivity index (χ4v) is 4.36. The Kier molecular flexibility index (Phi) is 4.64. The van der Waals surface area contributed by atoms with Crippen LogP contribution in [-0.2, 0) is 4.74 Å². The summed E-state index contributed by atoms with van der Waals surface area (Å²) in [4.78, 5) is 14.6. The molecule has 5 heteroatoms. The minimum atomic E-state index is -0.0195. The predicted octanol–water partition coefficient (Wildman–Crippen LogP) is 1.97. The monoisotopic (exact) mass is 309 g/mol.